The summed E-state index contributed by atoms with van der Waals surface area (Å²) in [6, 6.07) is 46.8. The normalized spacial score (nSPS) is 15.1. The van der Waals surface area contributed by atoms with Gasteiger partial charge in [0.05, 0.1) is 5.41 Å². The number of fused-ring (bicyclic) bond motifs is 8. The van der Waals surface area contributed by atoms with Crippen LogP contribution in [0, 0.1) is 0 Å². The third-order valence-corrected chi connectivity index (χ3v) is 11.3. The van der Waals surface area contributed by atoms with Gasteiger partial charge in [0, 0.05) is 16.7 Å². The fourth-order valence-electron chi connectivity index (χ4n) is 9.17. The molecule has 49 heavy (non-hydrogen) atoms. The maximum atomic E-state index is 5.18. The molecule has 230 valence electrons. The molecule has 0 fully saturated rings. The maximum absolute atomic E-state index is 5.18. The van der Waals surface area contributed by atoms with Gasteiger partial charge in [-0.3, -0.25) is 0 Å². The van der Waals surface area contributed by atoms with Crippen molar-refractivity contribution in [1.29, 1.82) is 0 Å². The van der Waals surface area contributed by atoms with Crippen molar-refractivity contribution in [3.05, 3.63) is 178 Å². The van der Waals surface area contributed by atoms with Gasteiger partial charge in [0.2, 0.25) is 0 Å². The lowest BCUT2D eigenvalue weighted by Gasteiger charge is -2.30. The Balaban J connectivity index is 1.14. The van der Waals surface area contributed by atoms with Crippen LogP contribution < -0.4 is 0 Å². The molecule has 0 unspecified atom stereocenters. The summed E-state index contributed by atoms with van der Waals surface area (Å²) in [6.07, 6.45) is 8.82. The summed E-state index contributed by atoms with van der Waals surface area (Å²) in [4.78, 5) is 15.3. The highest BCUT2D eigenvalue weighted by Crippen LogP contribution is 2.64. The number of aryl methyl sites for hydroxylation is 3. The molecule has 3 heteroatoms. The Morgan fingerprint density at radius 2 is 1.04 bits per heavy atom. The highest BCUT2D eigenvalue weighted by molar-refractivity contribution is 5.98. The number of rotatable bonds is 3. The Kier molecular flexibility index (Phi) is 5.55. The number of hydrogen-bond donors (Lipinski definition) is 0. The zero-order chi connectivity index (χ0) is 32.1. The van der Waals surface area contributed by atoms with Crippen molar-refractivity contribution in [2.24, 2.45) is 0 Å². The van der Waals surface area contributed by atoms with Gasteiger partial charge in [-0.15, -0.1) is 0 Å². The van der Waals surface area contributed by atoms with Crippen molar-refractivity contribution in [3.8, 4) is 56.4 Å². The molecule has 6 aromatic carbocycles. The van der Waals surface area contributed by atoms with E-state index in [-0.39, 0.29) is 5.41 Å². The Bertz CT molecular complexity index is 2510. The van der Waals surface area contributed by atoms with E-state index in [0.717, 1.165) is 42.4 Å². The smallest absolute Gasteiger partial charge is 0.164 e. The van der Waals surface area contributed by atoms with E-state index >= 15 is 0 Å². The average molecular weight is 626 g/mol. The summed E-state index contributed by atoms with van der Waals surface area (Å²) in [7, 11) is 0. The monoisotopic (exact) mass is 625 g/mol. The van der Waals surface area contributed by atoms with E-state index in [4.69, 9.17) is 15.0 Å². The third-order valence-electron chi connectivity index (χ3n) is 11.3. The number of hydrogen-bond acceptors (Lipinski definition) is 3. The molecule has 0 amide bonds. The van der Waals surface area contributed by atoms with Gasteiger partial charge >= 0.3 is 0 Å². The molecule has 1 heterocycles. The van der Waals surface area contributed by atoms with Gasteiger partial charge in [0.25, 0.3) is 0 Å². The molecule has 4 aliphatic rings. The second kappa shape index (κ2) is 10.0. The summed E-state index contributed by atoms with van der Waals surface area (Å²) < 4.78 is 0. The number of aromatic nitrogens is 3. The Hall–Kier alpha value is -5.93. The lowest BCUT2D eigenvalue weighted by atomic mass is 9.70. The number of allylic oxidation sites excluding steroid dienone is 1. The molecule has 1 aromatic heterocycles. The van der Waals surface area contributed by atoms with Gasteiger partial charge in [-0.2, -0.15) is 0 Å². The molecular formula is C46H31N3. The van der Waals surface area contributed by atoms with Crippen LogP contribution in [0.15, 0.2) is 133 Å². The second-order valence-electron chi connectivity index (χ2n) is 13.8. The lowest BCUT2D eigenvalue weighted by molar-refractivity contribution is 0.793. The first-order valence-electron chi connectivity index (χ1n) is 17.4. The summed E-state index contributed by atoms with van der Waals surface area (Å²) in [5, 5.41) is 0. The van der Waals surface area contributed by atoms with E-state index in [1.807, 2.05) is 18.2 Å². The van der Waals surface area contributed by atoms with Gasteiger partial charge in [-0.05, 0) is 105 Å². The molecule has 0 N–H and O–H groups in total. The van der Waals surface area contributed by atoms with E-state index in [2.05, 4.69) is 121 Å². The predicted octanol–water partition coefficient (Wildman–Crippen LogP) is 10.3. The molecule has 3 nitrogen and oxygen atoms in total. The van der Waals surface area contributed by atoms with Gasteiger partial charge < -0.3 is 0 Å². The Labute approximate surface area is 285 Å². The summed E-state index contributed by atoms with van der Waals surface area (Å²) in [5.74, 6) is 2.07. The van der Waals surface area contributed by atoms with Crippen LogP contribution in [-0.4, -0.2) is 15.0 Å². The lowest BCUT2D eigenvalue weighted by Crippen LogP contribution is -2.25. The third kappa shape index (κ3) is 3.70. The van der Waals surface area contributed by atoms with Gasteiger partial charge in [0.1, 0.15) is 0 Å². The van der Waals surface area contributed by atoms with Crippen molar-refractivity contribution in [2.75, 3.05) is 0 Å². The van der Waals surface area contributed by atoms with Crippen molar-refractivity contribution in [2.45, 2.75) is 31.1 Å². The fraction of sp³-hybridized carbons (Fsp3) is 0.109. The van der Waals surface area contributed by atoms with E-state index in [1.54, 1.807) is 0 Å². The zero-order valence-corrected chi connectivity index (χ0v) is 26.9. The molecule has 7 aromatic rings. The molecule has 0 atom stereocenters. The second-order valence-corrected chi connectivity index (χ2v) is 13.8. The van der Waals surface area contributed by atoms with Crippen molar-refractivity contribution in [1.82, 2.24) is 15.0 Å². The van der Waals surface area contributed by atoms with E-state index < -0.39 is 0 Å². The zero-order valence-electron chi connectivity index (χ0n) is 26.9. The molecule has 0 aliphatic heterocycles. The minimum absolute atomic E-state index is 0.346. The van der Waals surface area contributed by atoms with Crippen LogP contribution in [0.25, 0.3) is 62.5 Å². The van der Waals surface area contributed by atoms with E-state index in [9.17, 15) is 0 Å². The fourth-order valence-corrected chi connectivity index (χ4v) is 9.17. The standard InChI is InChI=1S/C46H31N3/c1-2-11-31(12-3-1)43-47-44(33-23-20-28-10-4-5-13-32(28)26-33)49-45(48-43)34-24-25-38-36(27-34)35-16-6-7-17-37(35)46(38)39-18-8-14-29-21-22-30-15-9-19-40(46)42(30)41(29)39/h1-3,5-9,11-20,23-27H,4,10,21-22H2. The molecular weight excluding hydrogens is 595 g/mol. The highest BCUT2D eigenvalue weighted by Gasteiger charge is 2.53. The molecule has 1 spiro atoms. The largest absolute Gasteiger partial charge is 0.208 e. The predicted molar refractivity (Wildman–Crippen MR) is 197 cm³/mol. The topological polar surface area (TPSA) is 38.7 Å². The SMILES string of the molecule is C1=Cc2cc(-c3nc(-c4ccccc4)nc(-c4ccc5c(c4)-c4ccccc4C54c5cccc6c5-c5c(cccc54)CC6)n3)ccc2CC1. The van der Waals surface area contributed by atoms with Crippen molar-refractivity contribution in [3.63, 3.8) is 0 Å². The van der Waals surface area contributed by atoms with Crippen LogP contribution in [-0.2, 0) is 24.7 Å². The quantitative estimate of drug-likeness (QED) is 0.196. The molecule has 0 radical (unpaired) electrons. The van der Waals surface area contributed by atoms with Gasteiger partial charge in [0.15, 0.2) is 17.5 Å². The number of benzene rings is 6. The maximum Gasteiger partial charge on any atom is 0.164 e. The summed E-state index contributed by atoms with van der Waals surface area (Å²) in [6.45, 7) is 0. The summed E-state index contributed by atoms with van der Waals surface area (Å²) >= 11 is 0. The van der Waals surface area contributed by atoms with Crippen molar-refractivity contribution < 1.29 is 0 Å². The average Bonchev–Trinajstić information content (AvgIpc) is 3.65. The van der Waals surface area contributed by atoms with Gasteiger partial charge in [-0.25, -0.2) is 15.0 Å². The minimum atomic E-state index is -0.346. The van der Waals surface area contributed by atoms with Gasteiger partial charge in [-0.1, -0.05) is 127 Å². The van der Waals surface area contributed by atoms with Crippen LogP contribution in [0.2, 0.25) is 0 Å². The Morgan fingerprint density at radius 1 is 0.429 bits per heavy atom. The van der Waals surface area contributed by atoms with Crippen molar-refractivity contribution >= 4 is 6.08 Å². The van der Waals surface area contributed by atoms with E-state index in [0.29, 0.717) is 17.5 Å². The molecule has 11 rings (SSSR count). The molecule has 0 saturated heterocycles. The van der Waals surface area contributed by atoms with Crippen LogP contribution in [0.5, 0.6) is 0 Å². The molecule has 0 saturated carbocycles. The first kappa shape index (κ1) is 27.1. The molecule has 0 bridgehead atoms. The molecule has 4 aliphatic carbocycles. The first-order chi connectivity index (χ1) is 24.3. The van der Waals surface area contributed by atoms with Crippen LogP contribution in [0.1, 0.15) is 50.9 Å². The van der Waals surface area contributed by atoms with Crippen LogP contribution in [0.3, 0.4) is 0 Å². The Morgan fingerprint density at radius 3 is 1.80 bits per heavy atom. The van der Waals surface area contributed by atoms with E-state index in [1.165, 1.54) is 66.8 Å². The highest BCUT2D eigenvalue weighted by atomic mass is 15.0. The van der Waals surface area contributed by atoms with Crippen LogP contribution in [0.4, 0.5) is 0 Å². The van der Waals surface area contributed by atoms with Crippen LogP contribution >= 0.6 is 0 Å². The summed E-state index contributed by atoms with van der Waals surface area (Å²) in [5.41, 5.74) is 19.2. The number of nitrogens with zero attached hydrogens (tertiary/aromatic N) is 3. The minimum Gasteiger partial charge on any atom is -0.208 e. The first-order valence-corrected chi connectivity index (χ1v) is 17.4.